The molecular weight excluding hydrogens is 414 g/mol. The zero-order valence-electron chi connectivity index (χ0n) is 13.3. The lowest BCUT2D eigenvalue weighted by Crippen LogP contribution is -2.05. The van der Waals surface area contributed by atoms with Crippen LogP contribution in [0.1, 0.15) is 12.5 Å². The summed E-state index contributed by atoms with van der Waals surface area (Å²) < 4.78 is 43.8. The van der Waals surface area contributed by atoms with Gasteiger partial charge in [-0.3, -0.25) is 9.48 Å². The van der Waals surface area contributed by atoms with Gasteiger partial charge in [-0.2, -0.15) is 5.10 Å². The van der Waals surface area contributed by atoms with Gasteiger partial charge in [0.15, 0.2) is 14.9 Å². The molecular formula is C14H13Cl2FN2O4S2. The highest BCUT2D eigenvalue weighted by molar-refractivity contribution is 7.94. The third kappa shape index (κ3) is 4.46. The molecule has 0 aliphatic carbocycles. The minimum absolute atomic E-state index is 0.00155. The van der Waals surface area contributed by atoms with E-state index in [1.54, 1.807) is 0 Å². The molecule has 0 radical (unpaired) electrons. The van der Waals surface area contributed by atoms with Crippen molar-refractivity contribution in [3.8, 4) is 11.3 Å². The SMILES string of the molecule is CC(=O)OSCc1cc(-c2nn(C)c(S(C)(=O)=O)c2Cl)c(F)cc1Cl. The summed E-state index contributed by atoms with van der Waals surface area (Å²) in [5.41, 5.74) is 0.461. The molecule has 0 bridgehead atoms. The molecule has 0 aliphatic heterocycles. The van der Waals surface area contributed by atoms with Crippen LogP contribution in [0.3, 0.4) is 0 Å². The van der Waals surface area contributed by atoms with E-state index in [1.807, 2.05) is 0 Å². The van der Waals surface area contributed by atoms with Crippen molar-refractivity contribution in [3.63, 3.8) is 0 Å². The maximum atomic E-state index is 14.4. The van der Waals surface area contributed by atoms with Crippen LogP contribution in [-0.2, 0) is 31.6 Å². The minimum Gasteiger partial charge on any atom is -0.391 e. The highest BCUT2D eigenvalue weighted by Gasteiger charge is 2.25. The monoisotopic (exact) mass is 426 g/mol. The van der Waals surface area contributed by atoms with Gasteiger partial charge in [0.1, 0.15) is 16.5 Å². The Morgan fingerprint density at radius 1 is 1.40 bits per heavy atom. The number of sulfone groups is 1. The average molecular weight is 427 g/mol. The quantitative estimate of drug-likeness (QED) is 0.678. The number of carbonyl (C=O) groups is 1. The van der Waals surface area contributed by atoms with Crippen LogP contribution in [0.25, 0.3) is 11.3 Å². The van der Waals surface area contributed by atoms with E-state index >= 15 is 0 Å². The number of aromatic nitrogens is 2. The van der Waals surface area contributed by atoms with Gasteiger partial charge in [0.25, 0.3) is 0 Å². The molecule has 0 spiro atoms. The molecule has 0 saturated heterocycles. The zero-order valence-corrected chi connectivity index (χ0v) is 16.5. The zero-order chi connectivity index (χ0) is 18.9. The van der Waals surface area contributed by atoms with E-state index in [-0.39, 0.29) is 32.1 Å². The molecule has 0 fully saturated rings. The van der Waals surface area contributed by atoms with Crippen LogP contribution < -0.4 is 0 Å². The van der Waals surface area contributed by atoms with E-state index in [0.717, 1.165) is 29.0 Å². The fourth-order valence-corrected chi connectivity index (χ4v) is 4.63. The lowest BCUT2D eigenvalue weighted by atomic mass is 10.1. The van der Waals surface area contributed by atoms with Crippen LogP contribution in [-0.4, -0.2) is 30.4 Å². The smallest absolute Gasteiger partial charge is 0.314 e. The second-order valence-electron chi connectivity index (χ2n) is 5.12. The molecule has 2 rings (SSSR count). The minimum atomic E-state index is -3.65. The maximum Gasteiger partial charge on any atom is 0.314 e. The molecule has 2 aromatic rings. The first-order valence-corrected chi connectivity index (χ1v) is 10.3. The second kappa shape index (κ2) is 7.53. The number of hydrogen-bond donors (Lipinski definition) is 0. The van der Waals surface area contributed by atoms with E-state index in [0.29, 0.717) is 5.56 Å². The van der Waals surface area contributed by atoms with Crippen LogP contribution in [0.4, 0.5) is 4.39 Å². The van der Waals surface area contributed by atoms with Crippen LogP contribution in [0, 0.1) is 5.82 Å². The van der Waals surface area contributed by atoms with Crippen molar-refractivity contribution in [3.05, 3.63) is 33.6 Å². The molecule has 1 aromatic heterocycles. The molecule has 6 nitrogen and oxygen atoms in total. The van der Waals surface area contributed by atoms with Gasteiger partial charge in [0, 0.05) is 30.8 Å². The first-order chi connectivity index (χ1) is 11.5. The van der Waals surface area contributed by atoms with Gasteiger partial charge in [-0.05, 0) is 17.7 Å². The first kappa shape index (κ1) is 20.0. The van der Waals surface area contributed by atoms with Crippen molar-refractivity contribution in [1.29, 1.82) is 0 Å². The number of carbonyl (C=O) groups excluding carboxylic acids is 1. The van der Waals surface area contributed by atoms with Crippen molar-refractivity contribution < 1.29 is 21.8 Å². The fourth-order valence-electron chi connectivity index (χ4n) is 2.12. The van der Waals surface area contributed by atoms with Crippen molar-refractivity contribution in [2.24, 2.45) is 7.05 Å². The van der Waals surface area contributed by atoms with Gasteiger partial charge >= 0.3 is 5.97 Å². The Balaban J connectivity index is 2.51. The number of nitrogens with zero attached hydrogens (tertiary/aromatic N) is 2. The molecule has 0 saturated carbocycles. The number of benzene rings is 1. The molecule has 136 valence electrons. The van der Waals surface area contributed by atoms with Crippen molar-refractivity contribution in [1.82, 2.24) is 9.78 Å². The van der Waals surface area contributed by atoms with E-state index < -0.39 is 21.6 Å². The highest BCUT2D eigenvalue weighted by atomic mass is 35.5. The summed E-state index contributed by atoms with van der Waals surface area (Å²) in [6, 6.07) is 2.47. The van der Waals surface area contributed by atoms with Crippen LogP contribution in [0.15, 0.2) is 17.2 Å². The van der Waals surface area contributed by atoms with Crippen LogP contribution in [0.2, 0.25) is 10.0 Å². The highest BCUT2D eigenvalue weighted by Crippen LogP contribution is 2.36. The first-order valence-electron chi connectivity index (χ1n) is 6.73. The predicted octanol–water partition coefficient (Wildman–Crippen LogP) is 3.65. The van der Waals surface area contributed by atoms with Gasteiger partial charge in [0.2, 0.25) is 0 Å². The van der Waals surface area contributed by atoms with Crippen molar-refractivity contribution in [2.75, 3.05) is 6.26 Å². The van der Waals surface area contributed by atoms with Gasteiger partial charge in [0.05, 0.1) is 17.8 Å². The molecule has 0 amide bonds. The Hall–Kier alpha value is -1.29. The van der Waals surface area contributed by atoms with Gasteiger partial charge in [-0.1, -0.05) is 23.2 Å². The molecule has 25 heavy (non-hydrogen) atoms. The molecule has 11 heteroatoms. The molecule has 0 atom stereocenters. The third-order valence-corrected chi connectivity index (χ3v) is 5.85. The molecule has 0 aliphatic rings. The predicted molar refractivity (Wildman–Crippen MR) is 94.8 cm³/mol. The number of rotatable bonds is 5. The summed E-state index contributed by atoms with van der Waals surface area (Å²) in [4.78, 5) is 10.8. The molecule has 0 N–H and O–H groups in total. The molecule has 0 unspecified atom stereocenters. The number of aryl methyl sites for hydroxylation is 1. The van der Waals surface area contributed by atoms with Gasteiger partial charge < -0.3 is 4.18 Å². The Bertz CT molecular complexity index is 945. The van der Waals surface area contributed by atoms with E-state index in [9.17, 15) is 17.6 Å². The Morgan fingerprint density at radius 3 is 2.56 bits per heavy atom. The largest absolute Gasteiger partial charge is 0.391 e. The van der Waals surface area contributed by atoms with Crippen molar-refractivity contribution in [2.45, 2.75) is 17.7 Å². The molecule has 1 heterocycles. The summed E-state index contributed by atoms with van der Waals surface area (Å²) in [7, 11) is -2.25. The Morgan fingerprint density at radius 2 is 2.04 bits per heavy atom. The summed E-state index contributed by atoms with van der Waals surface area (Å²) in [6.45, 7) is 1.26. The van der Waals surface area contributed by atoms with Gasteiger partial charge in [-0.25, -0.2) is 12.8 Å². The Kier molecular flexibility index (Phi) is 6.03. The maximum absolute atomic E-state index is 14.4. The van der Waals surface area contributed by atoms with Crippen molar-refractivity contribution >= 4 is 51.1 Å². The van der Waals surface area contributed by atoms with E-state index in [2.05, 4.69) is 5.10 Å². The third-order valence-electron chi connectivity index (χ3n) is 3.07. The number of hydrogen-bond acceptors (Lipinski definition) is 6. The van der Waals surface area contributed by atoms with E-state index in [1.165, 1.54) is 20.0 Å². The summed E-state index contributed by atoms with van der Waals surface area (Å²) in [5.74, 6) is -1.00. The van der Waals surface area contributed by atoms with E-state index in [4.69, 9.17) is 27.4 Å². The van der Waals surface area contributed by atoms with Gasteiger partial charge in [-0.15, -0.1) is 0 Å². The second-order valence-corrected chi connectivity index (χ2v) is 8.53. The lowest BCUT2D eigenvalue weighted by Gasteiger charge is -2.08. The number of halogens is 3. The normalized spacial score (nSPS) is 11.6. The lowest BCUT2D eigenvalue weighted by molar-refractivity contribution is -0.130. The Labute approximate surface area is 158 Å². The standard InChI is InChI=1S/C14H13Cl2FN2O4S2/c1-7(20)23-24-6-8-4-9(11(17)5-10(8)15)13-12(16)14(19(2)18-13)25(3,21)22/h4-5H,6H2,1-3H3. The summed E-state index contributed by atoms with van der Waals surface area (Å²) >= 11 is 13.0. The summed E-state index contributed by atoms with van der Waals surface area (Å²) in [5, 5.41) is 3.76. The van der Waals surface area contributed by atoms with Crippen LogP contribution in [0.5, 0.6) is 0 Å². The summed E-state index contributed by atoms with van der Waals surface area (Å²) in [6.07, 6.45) is 0.985. The molecule has 1 aromatic carbocycles. The van der Waals surface area contributed by atoms with Crippen LogP contribution >= 0.6 is 35.2 Å². The topological polar surface area (TPSA) is 78.3 Å². The fraction of sp³-hybridized carbons (Fsp3) is 0.286. The average Bonchev–Trinajstić information content (AvgIpc) is 2.75.